The molecule has 1 unspecified atom stereocenters. The molecule has 1 aliphatic rings. The first-order valence-corrected chi connectivity index (χ1v) is 16.4. The summed E-state index contributed by atoms with van der Waals surface area (Å²) in [6, 6.07) is 7.76. The zero-order valence-electron chi connectivity index (χ0n) is 27.6. The number of imide groups is 1. The molecule has 0 saturated carbocycles. The summed E-state index contributed by atoms with van der Waals surface area (Å²) in [4.78, 5) is 72.0. The van der Waals surface area contributed by atoms with E-state index in [0.717, 1.165) is 11.1 Å². The van der Waals surface area contributed by atoms with Crippen molar-refractivity contribution in [3.05, 3.63) is 35.4 Å². The molecule has 0 aliphatic carbocycles. The SMILES string of the molecule is CC(=O)CCCC(=O)CCc1ccc(CC(=O)CCOCCOCCOCCOCCCC(=O)CCN2C(=O)CC(C)C2=O)cc1. The Kier molecular flexibility index (Phi) is 19.7. The van der Waals surface area contributed by atoms with E-state index in [2.05, 4.69) is 0 Å². The number of carbonyl (C=O) groups is 6. The van der Waals surface area contributed by atoms with Gasteiger partial charge in [-0.1, -0.05) is 31.2 Å². The number of hydrogen-bond acceptors (Lipinski definition) is 10. The Morgan fingerprint density at radius 3 is 1.78 bits per heavy atom. The summed E-state index contributed by atoms with van der Waals surface area (Å²) in [5.41, 5.74) is 1.99. The van der Waals surface area contributed by atoms with Gasteiger partial charge in [0, 0.05) is 70.4 Å². The molecule has 11 heteroatoms. The van der Waals surface area contributed by atoms with Crippen LogP contribution >= 0.6 is 0 Å². The fourth-order valence-corrected chi connectivity index (χ4v) is 4.85. The van der Waals surface area contributed by atoms with Crippen molar-refractivity contribution in [3.8, 4) is 0 Å². The van der Waals surface area contributed by atoms with Gasteiger partial charge in [-0.3, -0.25) is 28.9 Å². The van der Waals surface area contributed by atoms with Gasteiger partial charge in [-0.15, -0.1) is 0 Å². The molecule has 1 heterocycles. The molecule has 46 heavy (non-hydrogen) atoms. The second kappa shape index (κ2) is 23.2. The molecule has 1 aromatic rings. The number of aryl methyl sites for hydroxylation is 1. The number of ether oxygens (including phenoxy) is 4. The minimum atomic E-state index is -0.288. The minimum Gasteiger partial charge on any atom is -0.379 e. The number of amides is 2. The van der Waals surface area contributed by atoms with Crippen LogP contribution in [0.1, 0.15) is 82.8 Å². The Bertz CT molecular complexity index is 1120. The van der Waals surface area contributed by atoms with Crippen molar-refractivity contribution < 1.29 is 47.7 Å². The highest BCUT2D eigenvalue weighted by molar-refractivity contribution is 6.03. The molecule has 1 fully saturated rings. The first kappa shape index (κ1) is 39.1. The fourth-order valence-electron chi connectivity index (χ4n) is 4.85. The lowest BCUT2D eigenvalue weighted by Crippen LogP contribution is -2.32. The first-order valence-electron chi connectivity index (χ1n) is 16.4. The number of ketones is 4. The van der Waals surface area contributed by atoms with Crippen molar-refractivity contribution in [1.82, 2.24) is 4.90 Å². The lowest BCUT2D eigenvalue weighted by Gasteiger charge is -2.13. The Balaban J connectivity index is 1.35. The first-order chi connectivity index (χ1) is 22.2. The van der Waals surface area contributed by atoms with E-state index >= 15 is 0 Å². The van der Waals surface area contributed by atoms with E-state index in [1.54, 1.807) is 6.92 Å². The third-order valence-electron chi connectivity index (χ3n) is 7.57. The van der Waals surface area contributed by atoms with Gasteiger partial charge in [-0.2, -0.15) is 0 Å². The van der Waals surface area contributed by atoms with Crippen molar-refractivity contribution in [2.24, 2.45) is 5.92 Å². The highest BCUT2D eigenvalue weighted by Crippen LogP contribution is 2.19. The van der Waals surface area contributed by atoms with Crippen LogP contribution < -0.4 is 0 Å². The van der Waals surface area contributed by atoms with Gasteiger partial charge in [0.1, 0.15) is 23.1 Å². The summed E-state index contributed by atoms with van der Waals surface area (Å²) in [6.45, 7) is 6.66. The van der Waals surface area contributed by atoms with Gasteiger partial charge in [-0.05, 0) is 37.3 Å². The van der Waals surface area contributed by atoms with E-state index in [4.69, 9.17) is 18.9 Å². The van der Waals surface area contributed by atoms with Gasteiger partial charge in [-0.25, -0.2) is 0 Å². The van der Waals surface area contributed by atoms with Gasteiger partial charge in [0.05, 0.1) is 46.2 Å². The van der Waals surface area contributed by atoms with Crippen LogP contribution in [0, 0.1) is 5.92 Å². The lowest BCUT2D eigenvalue weighted by molar-refractivity contribution is -0.139. The van der Waals surface area contributed by atoms with Crippen LogP contribution in [0.5, 0.6) is 0 Å². The van der Waals surface area contributed by atoms with Gasteiger partial charge in [0.25, 0.3) is 0 Å². The van der Waals surface area contributed by atoms with Gasteiger partial charge >= 0.3 is 0 Å². The normalized spacial score (nSPS) is 14.7. The molecule has 0 bridgehead atoms. The quantitative estimate of drug-likeness (QED) is 0.0979. The maximum absolute atomic E-state index is 12.3. The zero-order valence-corrected chi connectivity index (χ0v) is 27.6. The van der Waals surface area contributed by atoms with Crippen molar-refractivity contribution in [2.75, 3.05) is 59.4 Å². The molecule has 0 aromatic heterocycles. The van der Waals surface area contributed by atoms with E-state index in [0.29, 0.717) is 111 Å². The van der Waals surface area contributed by atoms with E-state index in [1.807, 2.05) is 24.3 Å². The van der Waals surface area contributed by atoms with Gasteiger partial charge in [0.2, 0.25) is 11.8 Å². The maximum Gasteiger partial charge on any atom is 0.232 e. The highest BCUT2D eigenvalue weighted by Gasteiger charge is 2.35. The summed E-state index contributed by atoms with van der Waals surface area (Å²) < 4.78 is 21.9. The fraction of sp³-hybridized carbons (Fsp3) is 0.657. The molecule has 1 aromatic carbocycles. The monoisotopic (exact) mass is 645 g/mol. The van der Waals surface area contributed by atoms with E-state index in [1.165, 1.54) is 11.8 Å². The lowest BCUT2D eigenvalue weighted by atomic mass is 10.0. The molecule has 0 radical (unpaired) electrons. The summed E-state index contributed by atoms with van der Waals surface area (Å²) in [7, 11) is 0. The predicted octanol–water partition coefficient (Wildman–Crippen LogP) is 3.65. The molecule has 1 saturated heterocycles. The Hall–Kier alpha value is -3.12. The van der Waals surface area contributed by atoms with E-state index in [9.17, 15) is 28.8 Å². The number of rotatable bonds is 28. The minimum absolute atomic E-state index is 0.0109. The van der Waals surface area contributed by atoms with Crippen LogP contribution in [0.4, 0.5) is 0 Å². The molecular weight excluding hydrogens is 594 g/mol. The standard InChI is InChI=1S/C35H51NO10/c1-27-25-34(41)36(35(27)42)16-14-32(39)7-4-17-43-19-21-45-23-24-46-22-20-44-18-15-33(40)26-30-10-8-29(9-11-30)12-13-31(38)6-3-5-28(2)37/h8-11,27H,3-7,12-26H2,1-2H3. The molecule has 256 valence electrons. The van der Waals surface area contributed by atoms with Crippen LogP contribution in [0.3, 0.4) is 0 Å². The molecule has 2 rings (SSSR count). The smallest absolute Gasteiger partial charge is 0.232 e. The summed E-state index contributed by atoms with van der Waals surface area (Å²) in [6.07, 6.45) is 4.64. The zero-order chi connectivity index (χ0) is 33.6. The Labute approximate surface area is 272 Å². The van der Waals surface area contributed by atoms with E-state index < -0.39 is 0 Å². The molecule has 1 aliphatic heterocycles. The Morgan fingerprint density at radius 2 is 1.20 bits per heavy atom. The summed E-state index contributed by atoms with van der Waals surface area (Å²) >= 11 is 0. The number of Topliss-reactive ketones (excluding diaryl/α,β-unsaturated/α-hetero) is 4. The summed E-state index contributed by atoms with van der Waals surface area (Å²) in [5, 5.41) is 0. The van der Waals surface area contributed by atoms with Crippen molar-refractivity contribution >= 4 is 34.9 Å². The largest absolute Gasteiger partial charge is 0.379 e. The van der Waals surface area contributed by atoms with Crippen molar-refractivity contribution in [1.29, 1.82) is 0 Å². The Morgan fingerprint density at radius 1 is 0.652 bits per heavy atom. The maximum atomic E-state index is 12.3. The molecular formula is C35H51NO10. The van der Waals surface area contributed by atoms with Crippen molar-refractivity contribution in [3.63, 3.8) is 0 Å². The molecule has 0 N–H and O–H groups in total. The van der Waals surface area contributed by atoms with Crippen LogP contribution in [0.15, 0.2) is 24.3 Å². The van der Waals surface area contributed by atoms with Crippen LogP contribution in [-0.4, -0.2) is 99.2 Å². The van der Waals surface area contributed by atoms with Crippen LogP contribution in [0.2, 0.25) is 0 Å². The number of likely N-dealkylation sites (tertiary alicyclic amines) is 1. The molecule has 1 atom stereocenters. The van der Waals surface area contributed by atoms with Crippen molar-refractivity contribution in [2.45, 2.75) is 84.5 Å². The second-order valence-corrected chi connectivity index (χ2v) is 11.7. The van der Waals surface area contributed by atoms with Gasteiger partial charge < -0.3 is 23.7 Å². The number of carbonyl (C=O) groups excluding carboxylic acids is 6. The average molecular weight is 646 g/mol. The number of hydrogen-bond donors (Lipinski definition) is 0. The second-order valence-electron chi connectivity index (χ2n) is 11.7. The summed E-state index contributed by atoms with van der Waals surface area (Å²) in [5.74, 6) is -0.293. The average Bonchev–Trinajstić information content (AvgIpc) is 3.26. The molecule has 11 nitrogen and oxygen atoms in total. The molecule has 2 amide bonds. The third kappa shape index (κ3) is 17.5. The van der Waals surface area contributed by atoms with Crippen LogP contribution in [0.25, 0.3) is 0 Å². The highest BCUT2D eigenvalue weighted by atomic mass is 16.6. The third-order valence-corrected chi connectivity index (χ3v) is 7.57. The molecule has 0 spiro atoms. The number of benzene rings is 1. The van der Waals surface area contributed by atoms with Gasteiger partial charge in [0.15, 0.2) is 0 Å². The topological polar surface area (TPSA) is 143 Å². The van der Waals surface area contributed by atoms with E-state index in [-0.39, 0.29) is 60.3 Å². The number of nitrogens with zero attached hydrogens (tertiary/aromatic N) is 1. The van der Waals surface area contributed by atoms with Crippen LogP contribution in [-0.2, 0) is 60.6 Å². The predicted molar refractivity (Wildman–Crippen MR) is 170 cm³/mol.